The largest absolute Gasteiger partial charge is 0.409 e. The molecule has 0 aliphatic heterocycles. The summed E-state index contributed by atoms with van der Waals surface area (Å²) in [6, 6.07) is 1.87. The first-order valence-electron chi connectivity index (χ1n) is 5.50. The maximum Gasteiger partial charge on any atom is 0.254 e. The maximum atomic E-state index is 12.2. The topological polar surface area (TPSA) is 78.9 Å². The van der Waals surface area contributed by atoms with Crippen LogP contribution >= 0.6 is 33.9 Å². The summed E-state index contributed by atoms with van der Waals surface area (Å²) >= 11 is 3.73. The quantitative estimate of drug-likeness (QED) is 0.270. The zero-order valence-electron chi connectivity index (χ0n) is 10.3. The normalized spacial score (nSPS) is 13.4. The number of nitrogens with zero attached hydrogens (tertiary/aromatic N) is 2. The van der Waals surface area contributed by atoms with Gasteiger partial charge in [0.25, 0.3) is 5.91 Å². The molecule has 1 atom stereocenters. The van der Waals surface area contributed by atoms with Gasteiger partial charge in [-0.15, -0.1) is 11.3 Å². The van der Waals surface area contributed by atoms with Crippen molar-refractivity contribution in [1.82, 2.24) is 4.90 Å². The molecule has 7 heteroatoms. The number of amidine groups is 1. The first-order chi connectivity index (χ1) is 8.49. The molecule has 100 valence electrons. The number of carbonyl (C=O) groups excluding carboxylic acids is 1. The molecule has 0 bridgehead atoms. The third-order valence-corrected chi connectivity index (χ3v) is 4.39. The van der Waals surface area contributed by atoms with Gasteiger partial charge in [0.2, 0.25) is 0 Å². The molecular formula is C11H16IN3O2S. The molecule has 5 nitrogen and oxygen atoms in total. The molecule has 0 saturated heterocycles. The third kappa shape index (κ3) is 3.84. The predicted molar refractivity (Wildman–Crippen MR) is 81.2 cm³/mol. The lowest BCUT2D eigenvalue weighted by atomic mass is 10.1. The van der Waals surface area contributed by atoms with Gasteiger partial charge in [-0.2, -0.15) is 0 Å². The van der Waals surface area contributed by atoms with Crippen LogP contribution in [0.3, 0.4) is 0 Å². The fourth-order valence-corrected chi connectivity index (χ4v) is 2.80. The van der Waals surface area contributed by atoms with Crippen LogP contribution in [-0.2, 0) is 0 Å². The number of amides is 1. The van der Waals surface area contributed by atoms with E-state index in [1.54, 1.807) is 16.2 Å². The van der Waals surface area contributed by atoms with Crippen LogP contribution in [0.25, 0.3) is 0 Å². The molecular weight excluding hydrogens is 365 g/mol. The second-order valence-electron chi connectivity index (χ2n) is 3.91. The van der Waals surface area contributed by atoms with Crippen molar-refractivity contribution < 1.29 is 10.0 Å². The van der Waals surface area contributed by atoms with E-state index in [-0.39, 0.29) is 17.7 Å². The van der Waals surface area contributed by atoms with Crippen molar-refractivity contribution in [3.63, 3.8) is 0 Å². The van der Waals surface area contributed by atoms with Crippen LogP contribution in [0.15, 0.2) is 16.6 Å². The molecule has 1 aromatic heterocycles. The van der Waals surface area contributed by atoms with Crippen LogP contribution < -0.4 is 5.73 Å². The van der Waals surface area contributed by atoms with Gasteiger partial charge in [-0.3, -0.25) is 4.79 Å². The Balaban J connectivity index is 2.75. The molecule has 18 heavy (non-hydrogen) atoms. The van der Waals surface area contributed by atoms with Gasteiger partial charge in [-0.1, -0.05) is 12.1 Å². The highest BCUT2D eigenvalue weighted by Gasteiger charge is 2.19. The molecule has 1 aromatic rings. The van der Waals surface area contributed by atoms with Crippen LogP contribution in [0.4, 0.5) is 0 Å². The van der Waals surface area contributed by atoms with E-state index in [9.17, 15) is 4.79 Å². The minimum absolute atomic E-state index is 0.0192. The van der Waals surface area contributed by atoms with Gasteiger partial charge in [0, 0.05) is 24.4 Å². The Labute approximate surface area is 124 Å². The Morgan fingerprint density at radius 3 is 2.83 bits per heavy atom. The molecule has 3 N–H and O–H groups in total. The van der Waals surface area contributed by atoms with E-state index in [4.69, 9.17) is 10.9 Å². The first-order valence-corrected chi connectivity index (χ1v) is 7.46. The number of oxime groups is 1. The third-order valence-electron chi connectivity index (χ3n) is 2.60. The van der Waals surface area contributed by atoms with Crippen LogP contribution in [0, 0.1) is 8.80 Å². The zero-order chi connectivity index (χ0) is 13.7. The monoisotopic (exact) mass is 381 g/mol. The number of rotatable bonds is 5. The van der Waals surface area contributed by atoms with Crippen LogP contribution in [0.2, 0.25) is 0 Å². The lowest BCUT2D eigenvalue weighted by molar-refractivity contribution is 0.0754. The van der Waals surface area contributed by atoms with Crippen molar-refractivity contribution in [2.75, 3.05) is 13.1 Å². The van der Waals surface area contributed by atoms with Crippen molar-refractivity contribution in [2.24, 2.45) is 16.8 Å². The molecule has 1 unspecified atom stereocenters. The van der Waals surface area contributed by atoms with E-state index in [2.05, 4.69) is 27.7 Å². The van der Waals surface area contributed by atoms with Gasteiger partial charge in [-0.25, -0.2) is 0 Å². The summed E-state index contributed by atoms with van der Waals surface area (Å²) in [4.78, 5) is 13.9. The van der Waals surface area contributed by atoms with Gasteiger partial charge in [0.1, 0.15) is 5.84 Å². The SMILES string of the molecule is CCN(CC(C)C(N)=NO)C(=O)c1csc(I)c1. The molecule has 0 aliphatic carbocycles. The van der Waals surface area contributed by atoms with Gasteiger partial charge < -0.3 is 15.8 Å². The molecule has 1 amide bonds. The second-order valence-corrected chi connectivity index (χ2v) is 6.71. The van der Waals surface area contributed by atoms with E-state index >= 15 is 0 Å². The number of nitrogens with two attached hydrogens (primary N) is 1. The lowest BCUT2D eigenvalue weighted by Gasteiger charge is -2.23. The Hall–Kier alpha value is -0.830. The summed E-state index contributed by atoms with van der Waals surface area (Å²) in [6.45, 7) is 4.77. The van der Waals surface area contributed by atoms with Crippen molar-refractivity contribution in [3.8, 4) is 0 Å². The van der Waals surface area contributed by atoms with E-state index in [0.29, 0.717) is 18.7 Å². The minimum Gasteiger partial charge on any atom is -0.409 e. The van der Waals surface area contributed by atoms with Crippen LogP contribution in [0.5, 0.6) is 0 Å². The van der Waals surface area contributed by atoms with E-state index in [1.807, 2.05) is 25.3 Å². The number of thiophene rings is 1. The Morgan fingerprint density at radius 1 is 1.72 bits per heavy atom. The summed E-state index contributed by atoms with van der Waals surface area (Å²) in [5.41, 5.74) is 6.22. The smallest absolute Gasteiger partial charge is 0.254 e. The molecule has 1 heterocycles. The highest BCUT2D eigenvalue weighted by molar-refractivity contribution is 14.1. The van der Waals surface area contributed by atoms with Gasteiger partial charge in [-0.05, 0) is 35.6 Å². The number of carbonyl (C=O) groups is 1. The van der Waals surface area contributed by atoms with Crippen molar-refractivity contribution in [2.45, 2.75) is 13.8 Å². The highest BCUT2D eigenvalue weighted by atomic mass is 127. The molecule has 0 saturated carbocycles. The summed E-state index contributed by atoms with van der Waals surface area (Å²) < 4.78 is 1.08. The summed E-state index contributed by atoms with van der Waals surface area (Å²) in [6.07, 6.45) is 0. The lowest BCUT2D eigenvalue weighted by Crippen LogP contribution is -2.38. The number of hydrogen-bond acceptors (Lipinski definition) is 4. The molecule has 0 radical (unpaired) electrons. The average Bonchev–Trinajstić information content (AvgIpc) is 2.80. The molecule has 0 aliphatic rings. The fourth-order valence-electron chi connectivity index (χ4n) is 1.48. The maximum absolute atomic E-state index is 12.2. The van der Waals surface area contributed by atoms with Crippen molar-refractivity contribution in [3.05, 3.63) is 19.9 Å². The van der Waals surface area contributed by atoms with Crippen LogP contribution in [0.1, 0.15) is 24.2 Å². The Kier molecular flexibility index (Phi) is 5.86. The van der Waals surface area contributed by atoms with E-state index in [0.717, 1.165) is 2.88 Å². The van der Waals surface area contributed by atoms with Crippen LogP contribution in [-0.4, -0.2) is 34.9 Å². The van der Waals surface area contributed by atoms with E-state index in [1.165, 1.54) is 0 Å². The summed E-state index contributed by atoms with van der Waals surface area (Å²) in [5, 5.41) is 13.4. The standard InChI is InChI=1S/C11H16IN3O2S/c1-3-15(5-7(2)10(13)14-17)11(16)8-4-9(12)18-6-8/h4,6-7,17H,3,5H2,1-2H3,(H2,13,14). The Morgan fingerprint density at radius 2 is 2.39 bits per heavy atom. The predicted octanol–water partition coefficient (Wildman–Crippen LogP) is 2.20. The van der Waals surface area contributed by atoms with Gasteiger partial charge in [0.05, 0.1) is 8.45 Å². The minimum atomic E-state index is -0.170. The van der Waals surface area contributed by atoms with Crippen molar-refractivity contribution in [1.29, 1.82) is 0 Å². The summed E-state index contributed by atoms with van der Waals surface area (Å²) in [5.74, 6) is -0.0491. The number of hydrogen-bond donors (Lipinski definition) is 2. The summed E-state index contributed by atoms with van der Waals surface area (Å²) in [7, 11) is 0. The van der Waals surface area contributed by atoms with Crippen molar-refractivity contribution >= 4 is 45.7 Å². The molecule has 0 spiro atoms. The van der Waals surface area contributed by atoms with Gasteiger partial charge in [0.15, 0.2) is 0 Å². The first kappa shape index (κ1) is 15.2. The van der Waals surface area contributed by atoms with E-state index < -0.39 is 0 Å². The average molecular weight is 381 g/mol. The number of halogens is 1. The molecule has 0 fully saturated rings. The molecule has 1 rings (SSSR count). The molecule has 0 aromatic carbocycles. The zero-order valence-corrected chi connectivity index (χ0v) is 13.2. The highest BCUT2D eigenvalue weighted by Crippen LogP contribution is 2.18. The second kappa shape index (κ2) is 6.93. The van der Waals surface area contributed by atoms with Gasteiger partial charge >= 0.3 is 0 Å². The fraction of sp³-hybridized carbons (Fsp3) is 0.455. The Bertz CT molecular complexity index is 447.